The molecule has 1 aliphatic rings. The third-order valence-electron chi connectivity index (χ3n) is 2.70. The highest BCUT2D eigenvalue weighted by molar-refractivity contribution is 6.19. The van der Waals surface area contributed by atoms with Crippen LogP contribution in [0.5, 0.6) is 0 Å². The number of nitrogens with zero attached hydrogens (tertiary/aromatic N) is 2. The highest BCUT2D eigenvalue weighted by Crippen LogP contribution is 2.25. The van der Waals surface area contributed by atoms with E-state index in [4.69, 9.17) is 16.5 Å². The lowest BCUT2D eigenvalue weighted by molar-refractivity contribution is -0.119. The molecule has 1 aliphatic heterocycles. The van der Waals surface area contributed by atoms with Crippen LogP contribution in [0.2, 0.25) is 0 Å². The van der Waals surface area contributed by atoms with E-state index in [0.29, 0.717) is 5.57 Å². The van der Waals surface area contributed by atoms with Gasteiger partial charge in [0.1, 0.15) is 11.8 Å². The average molecular weight is 246 g/mol. The molecular formula is C12H14N4O2. The van der Waals surface area contributed by atoms with Gasteiger partial charge in [-0.05, 0) is 32.4 Å². The molecule has 0 radical (unpaired) electrons. The molecule has 94 valence electrons. The zero-order valence-electron chi connectivity index (χ0n) is 10.4. The molecule has 6 nitrogen and oxygen atoms in total. The van der Waals surface area contributed by atoms with E-state index in [-0.39, 0.29) is 17.1 Å². The molecule has 1 heterocycles. The van der Waals surface area contributed by atoms with Crippen LogP contribution in [0.1, 0.15) is 20.8 Å². The Kier molecular flexibility index (Phi) is 3.79. The number of carbonyl (C=O) groups excluding carboxylic acids is 2. The fourth-order valence-corrected chi connectivity index (χ4v) is 1.82. The molecule has 0 amide bonds. The van der Waals surface area contributed by atoms with Crippen molar-refractivity contribution in [3.8, 4) is 6.07 Å². The fraction of sp³-hybridized carbons (Fsp3) is 0.333. The molecule has 0 saturated heterocycles. The van der Waals surface area contributed by atoms with E-state index in [0.717, 1.165) is 5.01 Å². The maximum atomic E-state index is 11.5. The molecule has 0 aromatic rings. The summed E-state index contributed by atoms with van der Waals surface area (Å²) in [5, 5.41) is 17.6. The van der Waals surface area contributed by atoms with E-state index < -0.39 is 17.5 Å². The average Bonchev–Trinajstić information content (AvgIpc) is 2.25. The number of nitriles is 1. The molecule has 1 rings (SSSR count). The van der Waals surface area contributed by atoms with Crippen LogP contribution in [0, 0.1) is 22.7 Å². The van der Waals surface area contributed by atoms with Crippen molar-refractivity contribution in [2.45, 2.75) is 20.8 Å². The first kappa shape index (κ1) is 13.8. The van der Waals surface area contributed by atoms with E-state index in [9.17, 15) is 9.59 Å². The van der Waals surface area contributed by atoms with Crippen molar-refractivity contribution in [2.75, 3.05) is 0 Å². The molecule has 1 atom stereocenters. The lowest BCUT2D eigenvalue weighted by Crippen LogP contribution is -2.44. The van der Waals surface area contributed by atoms with Gasteiger partial charge in [0.25, 0.3) is 0 Å². The van der Waals surface area contributed by atoms with Gasteiger partial charge in [-0.2, -0.15) is 5.26 Å². The van der Waals surface area contributed by atoms with Crippen molar-refractivity contribution >= 4 is 17.4 Å². The monoisotopic (exact) mass is 246 g/mol. The summed E-state index contributed by atoms with van der Waals surface area (Å²) in [5.74, 6) is 3.95. The molecule has 3 N–H and O–H groups in total. The second-order valence-electron chi connectivity index (χ2n) is 4.08. The second kappa shape index (κ2) is 4.94. The van der Waals surface area contributed by atoms with Gasteiger partial charge in [-0.3, -0.25) is 20.0 Å². The lowest BCUT2D eigenvalue weighted by atomic mass is 9.92. The van der Waals surface area contributed by atoms with Crippen LogP contribution in [-0.4, -0.2) is 22.4 Å². The largest absolute Gasteiger partial charge is 0.294 e. The number of carbonyl (C=O) groups is 2. The maximum absolute atomic E-state index is 11.5. The highest BCUT2D eigenvalue weighted by atomic mass is 16.1. The van der Waals surface area contributed by atoms with Crippen molar-refractivity contribution in [3.05, 3.63) is 22.9 Å². The van der Waals surface area contributed by atoms with E-state index in [1.807, 2.05) is 6.07 Å². The third kappa shape index (κ3) is 2.21. The van der Waals surface area contributed by atoms with Gasteiger partial charge in [-0.25, -0.2) is 5.84 Å². The fourth-order valence-electron chi connectivity index (χ4n) is 1.82. The van der Waals surface area contributed by atoms with Gasteiger partial charge >= 0.3 is 0 Å². The van der Waals surface area contributed by atoms with Crippen LogP contribution >= 0.6 is 0 Å². The summed E-state index contributed by atoms with van der Waals surface area (Å²) in [4.78, 5) is 22.9. The Hall–Kier alpha value is -2.26. The Morgan fingerprint density at radius 2 is 1.94 bits per heavy atom. The summed E-state index contributed by atoms with van der Waals surface area (Å²) in [5.41, 5.74) is 0.696. The minimum absolute atomic E-state index is 0.0574. The van der Waals surface area contributed by atoms with Crippen molar-refractivity contribution in [3.63, 3.8) is 0 Å². The number of allylic oxidation sites excluding steroid dienone is 2. The SMILES string of the molecule is CC(=O)C(C(C)=O)=C1C=C(C)C(C#N)C(=N)N1N. The van der Waals surface area contributed by atoms with Gasteiger partial charge < -0.3 is 0 Å². The summed E-state index contributed by atoms with van der Waals surface area (Å²) in [7, 11) is 0. The van der Waals surface area contributed by atoms with Crippen LogP contribution in [0.25, 0.3) is 0 Å². The van der Waals surface area contributed by atoms with Crippen LogP contribution in [0.15, 0.2) is 22.9 Å². The van der Waals surface area contributed by atoms with E-state index >= 15 is 0 Å². The molecule has 0 spiro atoms. The first-order chi connectivity index (χ1) is 8.31. The topological polar surface area (TPSA) is 111 Å². The zero-order valence-corrected chi connectivity index (χ0v) is 10.4. The van der Waals surface area contributed by atoms with E-state index in [1.165, 1.54) is 19.9 Å². The number of rotatable bonds is 2. The predicted octanol–water partition coefficient (Wildman–Crippen LogP) is 0.671. The molecule has 18 heavy (non-hydrogen) atoms. The summed E-state index contributed by atoms with van der Waals surface area (Å²) >= 11 is 0. The number of amidine groups is 1. The summed E-state index contributed by atoms with van der Waals surface area (Å²) < 4.78 is 0. The normalized spacial score (nSPS) is 19.2. The van der Waals surface area contributed by atoms with E-state index in [1.54, 1.807) is 6.92 Å². The van der Waals surface area contributed by atoms with Gasteiger partial charge in [0.05, 0.1) is 17.3 Å². The number of hydrogen-bond donors (Lipinski definition) is 2. The number of ketones is 2. The van der Waals surface area contributed by atoms with E-state index in [2.05, 4.69) is 0 Å². The Morgan fingerprint density at radius 3 is 2.33 bits per heavy atom. The van der Waals surface area contributed by atoms with Crippen molar-refractivity contribution < 1.29 is 9.59 Å². The molecule has 0 bridgehead atoms. The van der Waals surface area contributed by atoms with Gasteiger partial charge in [-0.15, -0.1) is 0 Å². The van der Waals surface area contributed by atoms with Crippen molar-refractivity contribution in [2.24, 2.45) is 11.8 Å². The minimum atomic E-state index is -0.751. The molecule has 0 aromatic heterocycles. The Balaban J connectivity index is 3.52. The first-order valence-corrected chi connectivity index (χ1v) is 5.28. The van der Waals surface area contributed by atoms with Crippen LogP contribution in [-0.2, 0) is 9.59 Å². The van der Waals surface area contributed by atoms with Crippen molar-refractivity contribution in [1.29, 1.82) is 10.7 Å². The highest BCUT2D eigenvalue weighted by Gasteiger charge is 2.30. The number of hydrogen-bond acceptors (Lipinski definition) is 5. The van der Waals surface area contributed by atoms with Crippen LogP contribution < -0.4 is 5.84 Å². The van der Waals surface area contributed by atoms with Gasteiger partial charge in [0.15, 0.2) is 11.6 Å². The third-order valence-corrected chi connectivity index (χ3v) is 2.70. The number of nitrogens with one attached hydrogen (secondary N) is 1. The number of nitrogens with two attached hydrogens (primary N) is 1. The number of hydrazine groups is 1. The maximum Gasteiger partial charge on any atom is 0.165 e. The van der Waals surface area contributed by atoms with Crippen LogP contribution in [0.4, 0.5) is 0 Å². The Bertz CT molecular complexity index is 521. The molecule has 0 fully saturated rings. The smallest absolute Gasteiger partial charge is 0.165 e. The summed E-state index contributed by atoms with van der Waals surface area (Å²) in [6, 6.07) is 1.94. The minimum Gasteiger partial charge on any atom is -0.294 e. The van der Waals surface area contributed by atoms with Gasteiger partial charge in [0, 0.05) is 0 Å². The Labute approximate surface area is 105 Å². The molecule has 1 unspecified atom stereocenters. The molecule has 0 aliphatic carbocycles. The summed E-state index contributed by atoms with van der Waals surface area (Å²) in [6.45, 7) is 4.19. The molecular weight excluding hydrogens is 232 g/mol. The standard InChI is InChI=1S/C12H14N4O2/c1-6-4-10(11(7(2)17)8(3)18)16(15)12(14)9(6)5-13/h4,9,14H,15H2,1-3H3. The van der Waals surface area contributed by atoms with Gasteiger partial charge in [0.2, 0.25) is 0 Å². The lowest BCUT2D eigenvalue weighted by Gasteiger charge is -2.30. The molecule has 6 heteroatoms. The predicted molar refractivity (Wildman–Crippen MR) is 65.0 cm³/mol. The quantitative estimate of drug-likeness (QED) is 0.322. The second-order valence-corrected chi connectivity index (χ2v) is 4.08. The molecule has 0 saturated carbocycles. The van der Waals surface area contributed by atoms with Crippen molar-refractivity contribution in [1.82, 2.24) is 5.01 Å². The van der Waals surface area contributed by atoms with Crippen LogP contribution in [0.3, 0.4) is 0 Å². The van der Waals surface area contributed by atoms with Gasteiger partial charge in [-0.1, -0.05) is 0 Å². The zero-order chi connectivity index (χ0) is 14.0. The summed E-state index contributed by atoms with van der Waals surface area (Å²) in [6.07, 6.45) is 1.50. The number of Topliss-reactive ketones (excluding diaryl/α,β-unsaturated/α-hetero) is 2. The first-order valence-electron chi connectivity index (χ1n) is 5.28. The Morgan fingerprint density at radius 1 is 1.44 bits per heavy atom. The molecule has 0 aromatic carbocycles.